The second kappa shape index (κ2) is 10.2. The van der Waals surface area contributed by atoms with Gasteiger partial charge in [0.25, 0.3) is 0 Å². The third-order valence-corrected chi connectivity index (χ3v) is 6.07. The Hall–Kier alpha value is -3.27. The number of rotatable bonds is 8. The molecule has 160 valence electrons. The molecule has 3 aromatic carbocycles. The predicted octanol–water partition coefficient (Wildman–Crippen LogP) is 5.72. The van der Waals surface area contributed by atoms with Crippen molar-refractivity contribution < 1.29 is 14.3 Å². The van der Waals surface area contributed by atoms with Crippen LogP contribution in [0.25, 0.3) is 0 Å². The second-order valence-corrected chi connectivity index (χ2v) is 8.19. The summed E-state index contributed by atoms with van der Waals surface area (Å²) in [5.41, 5.74) is 8.32. The molecule has 4 heteroatoms. The summed E-state index contributed by atoms with van der Waals surface area (Å²) >= 11 is 0. The fraction of sp³-hybridized carbons (Fsp3) is 0.296. The number of nitrogens with two attached hydrogens (primary N) is 1. The number of ether oxygens (including phenoxy) is 2. The summed E-state index contributed by atoms with van der Waals surface area (Å²) in [7, 11) is 0. The molecule has 0 aliphatic heterocycles. The molecule has 1 amide bonds. The molecular formula is C27H29NO3. The van der Waals surface area contributed by atoms with Crippen LogP contribution in [-0.2, 0) is 6.61 Å². The van der Waals surface area contributed by atoms with Gasteiger partial charge in [0.05, 0.1) is 6.61 Å². The summed E-state index contributed by atoms with van der Waals surface area (Å²) in [5.74, 6) is 2.21. The Balaban J connectivity index is 1.35. The van der Waals surface area contributed by atoms with Crippen molar-refractivity contribution in [2.45, 2.75) is 38.2 Å². The van der Waals surface area contributed by atoms with Crippen LogP contribution >= 0.6 is 0 Å². The number of hydrogen-bond donors (Lipinski definition) is 1. The maximum Gasteiger partial charge on any atom is 0.248 e. The largest absolute Gasteiger partial charge is 0.493 e. The lowest BCUT2D eigenvalue weighted by Crippen LogP contribution is -2.24. The Kier molecular flexibility index (Phi) is 6.88. The molecule has 2 atom stereocenters. The van der Waals surface area contributed by atoms with Crippen molar-refractivity contribution in [2.24, 2.45) is 11.7 Å². The normalized spacial score (nSPS) is 18.3. The minimum Gasteiger partial charge on any atom is -0.493 e. The predicted molar refractivity (Wildman–Crippen MR) is 122 cm³/mol. The van der Waals surface area contributed by atoms with E-state index in [9.17, 15) is 4.79 Å². The van der Waals surface area contributed by atoms with E-state index in [4.69, 9.17) is 15.2 Å². The standard InChI is InChI=1S/C27H29NO3/c28-27(29)22-12-16-25(17-13-22)31-19-23-8-4-5-9-26(23)21-10-14-24(15-11-21)30-18-20-6-2-1-3-7-20/h1-3,6-7,10-17,23,26H,4-5,8-9,18-19H2,(H2,28,29)/t23-,26-/m0/s1. The average molecular weight is 416 g/mol. The summed E-state index contributed by atoms with van der Waals surface area (Å²) in [6.07, 6.45) is 4.83. The molecule has 31 heavy (non-hydrogen) atoms. The summed E-state index contributed by atoms with van der Waals surface area (Å²) in [5, 5.41) is 0. The van der Waals surface area contributed by atoms with Gasteiger partial charge < -0.3 is 15.2 Å². The van der Waals surface area contributed by atoms with Gasteiger partial charge in [-0.3, -0.25) is 4.79 Å². The number of carbonyl (C=O) groups excluding carboxylic acids is 1. The van der Waals surface area contributed by atoms with Crippen molar-refractivity contribution in [1.82, 2.24) is 0 Å². The molecule has 0 unspecified atom stereocenters. The molecule has 0 bridgehead atoms. The highest BCUT2D eigenvalue weighted by atomic mass is 16.5. The first kappa shape index (κ1) is 21.0. The van der Waals surface area contributed by atoms with E-state index in [-0.39, 0.29) is 0 Å². The monoisotopic (exact) mass is 415 g/mol. The number of primary amides is 1. The molecule has 3 aromatic rings. The average Bonchev–Trinajstić information content (AvgIpc) is 2.83. The first-order valence-corrected chi connectivity index (χ1v) is 11.0. The molecule has 0 spiro atoms. The van der Waals surface area contributed by atoms with Crippen molar-refractivity contribution in [3.8, 4) is 11.5 Å². The van der Waals surface area contributed by atoms with Gasteiger partial charge >= 0.3 is 0 Å². The van der Waals surface area contributed by atoms with Crippen LogP contribution in [0.15, 0.2) is 78.9 Å². The lowest BCUT2D eigenvalue weighted by molar-refractivity contribution is 0.1000. The number of benzene rings is 3. The Bertz CT molecular complexity index is 968. The lowest BCUT2D eigenvalue weighted by Gasteiger charge is -2.32. The van der Waals surface area contributed by atoms with E-state index in [0.29, 0.717) is 30.6 Å². The van der Waals surface area contributed by atoms with Crippen molar-refractivity contribution in [3.05, 3.63) is 95.6 Å². The fourth-order valence-corrected chi connectivity index (χ4v) is 4.32. The fourth-order valence-electron chi connectivity index (χ4n) is 4.32. The number of amides is 1. The van der Waals surface area contributed by atoms with Crippen molar-refractivity contribution in [2.75, 3.05) is 6.61 Å². The van der Waals surface area contributed by atoms with Crippen LogP contribution < -0.4 is 15.2 Å². The zero-order valence-electron chi connectivity index (χ0n) is 17.7. The van der Waals surface area contributed by atoms with Crippen LogP contribution in [0.3, 0.4) is 0 Å². The molecule has 1 fully saturated rings. The molecule has 1 aliphatic carbocycles. The van der Waals surface area contributed by atoms with E-state index in [1.807, 2.05) is 30.3 Å². The van der Waals surface area contributed by atoms with E-state index < -0.39 is 5.91 Å². The van der Waals surface area contributed by atoms with Crippen LogP contribution in [0.1, 0.15) is 53.1 Å². The van der Waals surface area contributed by atoms with Gasteiger partial charge in [0.1, 0.15) is 18.1 Å². The van der Waals surface area contributed by atoms with Crippen LogP contribution in [0.5, 0.6) is 11.5 Å². The topological polar surface area (TPSA) is 61.6 Å². The van der Waals surface area contributed by atoms with E-state index in [0.717, 1.165) is 17.9 Å². The van der Waals surface area contributed by atoms with Gasteiger partial charge in [-0.15, -0.1) is 0 Å². The van der Waals surface area contributed by atoms with E-state index in [2.05, 4.69) is 36.4 Å². The molecule has 1 aliphatic rings. The van der Waals surface area contributed by atoms with Crippen LogP contribution in [0, 0.1) is 5.92 Å². The maximum atomic E-state index is 11.2. The highest BCUT2D eigenvalue weighted by Crippen LogP contribution is 2.38. The quantitative estimate of drug-likeness (QED) is 0.512. The highest BCUT2D eigenvalue weighted by molar-refractivity contribution is 5.92. The molecular weight excluding hydrogens is 386 g/mol. The molecule has 0 aromatic heterocycles. The molecule has 4 rings (SSSR count). The van der Waals surface area contributed by atoms with E-state index in [1.54, 1.807) is 12.1 Å². The molecule has 0 heterocycles. The van der Waals surface area contributed by atoms with Crippen molar-refractivity contribution >= 4 is 5.91 Å². The van der Waals surface area contributed by atoms with E-state index in [1.165, 1.54) is 30.4 Å². The first-order chi connectivity index (χ1) is 15.2. The summed E-state index contributed by atoms with van der Waals surface area (Å²) in [4.78, 5) is 11.2. The zero-order valence-corrected chi connectivity index (χ0v) is 17.7. The Labute approximate surface area is 184 Å². The number of hydrogen-bond acceptors (Lipinski definition) is 3. The molecule has 0 radical (unpaired) electrons. The van der Waals surface area contributed by atoms with Gasteiger partial charge in [-0.1, -0.05) is 55.3 Å². The third-order valence-electron chi connectivity index (χ3n) is 6.07. The maximum absolute atomic E-state index is 11.2. The van der Waals surface area contributed by atoms with Gasteiger partial charge in [-0.25, -0.2) is 0 Å². The van der Waals surface area contributed by atoms with Crippen LogP contribution in [-0.4, -0.2) is 12.5 Å². The third kappa shape index (κ3) is 5.66. The Morgan fingerprint density at radius 3 is 2.16 bits per heavy atom. The van der Waals surface area contributed by atoms with Crippen molar-refractivity contribution in [3.63, 3.8) is 0 Å². The summed E-state index contributed by atoms with van der Waals surface area (Å²) < 4.78 is 12.0. The zero-order chi connectivity index (χ0) is 21.5. The molecule has 1 saturated carbocycles. The second-order valence-electron chi connectivity index (χ2n) is 8.19. The molecule has 0 saturated heterocycles. The minimum atomic E-state index is -0.421. The van der Waals surface area contributed by atoms with Crippen LogP contribution in [0.4, 0.5) is 0 Å². The summed E-state index contributed by atoms with van der Waals surface area (Å²) in [6.45, 7) is 1.25. The minimum absolute atomic E-state index is 0.421. The van der Waals surface area contributed by atoms with Gasteiger partial charge in [0.15, 0.2) is 0 Å². The van der Waals surface area contributed by atoms with Gasteiger partial charge in [0, 0.05) is 5.56 Å². The Morgan fingerprint density at radius 2 is 1.45 bits per heavy atom. The SMILES string of the molecule is NC(=O)c1ccc(OC[C@@H]2CCCC[C@H]2c2ccc(OCc3ccccc3)cc2)cc1. The highest BCUT2D eigenvalue weighted by Gasteiger charge is 2.27. The smallest absolute Gasteiger partial charge is 0.248 e. The first-order valence-electron chi connectivity index (χ1n) is 11.0. The van der Waals surface area contributed by atoms with Gasteiger partial charge in [-0.05, 0) is 72.2 Å². The van der Waals surface area contributed by atoms with Gasteiger partial charge in [-0.2, -0.15) is 0 Å². The van der Waals surface area contributed by atoms with Crippen LogP contribution in [0.2, 0.25) is 0 Å². The number of carbonyl (C=O) groups is 1. The summed E-state index contributed by atoms with van der Waals surface area (Å²) in [6, 6.07) is 25.8. The molecule has 2 N–H and O–H groups in total. The van der Waals surface area contributed by atoms with E-state index >= 15 is 0 Å². The van der Waals surface area contributed by atoms with Gasteiger partial charge in [0.2, 0.25) is 5.91 Å². The Morgan fingerprint density at radius 1 is 0.806 bits per heavy atom. The molecule has 4 nitrogen and oxygen atoms in total. The van der Waals surface area contributed by atoms with Crippen molar-refractivity contribution in [1.29, 1.82) is 0 Å². The lowest BCUT2D eigenvalue weighted by atomic mass is 9.76.